The van der Waals surface area contributed by atoms with E-state index in [-0.39, 0.29) is 0 Å². The van der Waals surface area contributed by atoms with Crippen LogP contribution in [0.15, 0.2) is 36.4 Å². The third-order valence-corrected chi connectivity index (χ3v) is 5.60. The minimum absolute atomic E-state index is 0.498. The number of halogens is 1. The molecule has 0 radical (unpaired) electrons. The van der Waals surface area contributed by atoms with Gasteiger partial charge in [0.05, 0.1) is 9.21 Å². The van der Waals surface area contributed by atoms with Gasteiger partial charge >= 0.3 is 7.12 Å². The Morgan fingerprint density at radius 1 is 1.04 bits per heavy atom. The van der Waals surface area contributed by atoms with E-state index in [9.17, 15) is 10.0 Å². The van der Waals surface area contributed by atoms with Crippen LogP contribution in [0, 0.1) is 6.92 Å². The number of thiophene rings is 1. The summed E-state index contributed by atoms with van der Waals surface area (Å²) in [5.74, 6) is 0.727. The lowest BCUT2D eigenvalue weighted by Crippen LogP contribution is -2.29. The second-order valence-electron chi connectivity index (χ2n) is 6.13. The lowest BCUT2D eigenvalue weighted by molar-refractivity contribution is 0.426. The molecule has 0 unspecified atom stereocenters. The van der Waals surface area contributed by atoms with E-state index in [1.807, 2.05) is 31.2 Å². The van der Waals surface area contributed by atoms with Crippen molar-refractivity contribution in [3.05, 3.63) is 63.2 Å². The molecule has 2 heterocycles. The Morgan fingerprint density at radius 2 is 1.77 bits per heavy atom. The molecule has 1 aromatic carbocycles. The second kappa shape index (κ2) is 8.31. The van der Waals surface area contributed by atoms with E-state index in [1.54, 1.807) is 12.1 Å². The first-order chi connectivity index (χ1) is 12.5. The Bertz CT molecular complexity index is 897. The monoisotopic (exact) mass is 386 g/mol. The fourth-order valence-electron chi connectivity index (χ4n) is 2.99. The number of hydrogen-bond acceptors (Lipinski definition) is 5. The van der Waals surface area contributed by atoms with Crippen LogP contribution in [0.1, 0.15) is 29.4 Å². The molecule has 2 N–H and O–H groups in total. The Labute approximate surface area is 162 Å². The van der Waals surface area contributed by atoms with E-state index >= 15 is 0 Å². The predicted molar refractivity (Wildman–Crippen MR) is 108 cm³/mol. The van der Waals surface area contributed by atoms with E-state index < -0.39 is 7.12 Å². The van der Waals surface area contributed by atoms with Gasteiger partial charge in [-0.05, 0) is 54.9 Å². The summed E-state index contributed by atoms with van der Waals surface area (Å²) in [6.07, 6.45) is 2.53. The van der Waals surface area contributed by atoms with Crippen LogP contribution in [-0.2, 0) is 19.3 Å². The molecule has 4 nitrogen and oxygen atoms in total. The topological polar surface area (TPSA) is 66.2 Å². The second-order valence-corrected chi connectivity index (χ2v) is 7.85. The van der Waals surface area contributed by atoms with Gasteiger partial charge in [-0.3, -0.25) is 0 Å². The highest BCUT2D eigenvalue weighted by molar-refractivity contribution is 7.19. The number of aryl methyl sites for hydroxylation is 3. The summed E-state index contributed by atoms with van der Waals surface area (Å²) in [4.78, 5) is 10.4. The van der Waals surface area contributed by atoms with Crippen molar-refractivity contribution in [1.82, 2.24) is 9.97 Å². The zero-order chi connectivity index (χ0) is 18.7. The zero-order valence-corrected chi connectivity index (χ0v) is 16.3. The van der Waals surface area contributed by atoms with Crippen LogP contribution in [-0.4, -0.2) is 27.1 Å². The standard InChI is InChI=1S/C19H20BClN2O2S/c1-3-15-12(2)22-19(17-10-11-18(21)26-17)23-16(15)9-6-13-4-7-14(8-5-13)20(24)25/h4-5,7-8,10-11,24-25H,3,6,9H2,1-2H3. The van der Waals surface area contributed by atoms with Gasteiger partial charge in [0.1, 0.15) is 0 Å². The summed E-state index contributed by atoms with van der Waals surface area (Å²) in [7, 11) is -1.43. The van der Waals surface area contributed by atoms with Crippen molar-refractivity contribution >= 4 is 35.5 Å². The molecule has 0 aliphatic heterocycles. The maximum Gasteiger partial charge on any atom is 0.488 e. The molecule has 0 aliphatic rings. The number of hydrogen-bond donors (Lipinski definition) is 2. The van der Waals surface area contributed by atoms with Crippen molar-refractivity contribution in [2.24, 2.45) is 0 Å². The van der Waals surface area contributed by atoms with Crippen LogP contribution < -0.4 is 5.46 Å². The highest BCUT2D eigenvalue weighted by Crippen LogP contribution is 2.30. The highest BCUT2D eigenvalue weighted by Gasteiger charge is 2.14. The molecule has 0 aliphatic carbocycles. The molecule has 0 amide bonds. The fraction of sp³-hybridized carbons (Fsp3) is 0.263. The Kier molecular flexibility index (Phi) is 6.09. The lowest BCUT2D eigenvalue weighted by atomic mass is 9.80. The molecule has 0 saturated heterocycles. The molecular weight excluding hydrogens is 367 g/mol. The van der Waals surface area contributed by atoms with E-state index in [4.69, 9.17) is 16.6 Å². The van der Waals surface area contributed by atoms with E-state index in [2.05, 4.69) is 11.9 Å². The summed E-state index contributed by atoms with van der Waals surface area (Å²) in [5.41, 5.74) is 4.89. The number of rotatable bonds is 6. The van der Waals surface area contributed by atoms with Crippen molar-refractivity contribution in [2.75, 3.05) is 0 Å². The smallest absolute Gasteiger partial charge is 0.423 e. The number of benzene rings is 1. The Hall–Kier alpha value is -1.73. The maximum absolute atomic E-state index is 9.19. The molecule has 0 spiro atoms. The minimum Gasteiger partial charge on any atom is -0.423 e. The molecule has 3 aromatic rings. The van der Waals surface area contributed by atoms with Crippen LogP contribution in [0.5, 0.6) is 0 Å². The van der Waals surface area contributed by atoms with Gasteiger partial charge in [-0.2, -0.15) is 0 Å². The molecule has 134 valence electrons. The van der Waals surface area contributed by atoms with Gasteiger partial charge in [0.15, 0.2) is 5.82 Å². The van der Waals surface area contributed by atoms with Crippen LogP contribution in [0.3, 0.4) is 0 Å². The normalized spacial score (nSPS) is 11.0. The average molecular weight is 387 g/mol. The van der Waals surface area contributed by atoms with Gasteiger partial charge in [0.25, 0.3) is 0 Å². The summed E-state index contributed by atoms with van der Waals surface area (Å²) < 4.78 is 0.730. The van der Waals surface area contributed by atoms with Crippen molar-refractivity contribution in [2.45, 2.75) is 33.1 Å². The lowest BCUT2D eigenvalue weighted by Gasteiger charge is -2.12. The molecule has 0 fully saturated rings. The molecular formula is C19H20BClN2O2S. The number of aromatic nitrogens is 2. The molecule has 26 heavy (non-hydrogen) atoms. The van der Waals surface area contributed by atoms with Crippen LogP contribution in [0.25, 0.3) is 10.7 Å². The summed E-state index contributed by atoms with van der Waals surface area (Å²) >= 11 is 7.54. The molecule has 0 bridgehead atoms. The molecule has 3 rings (SSSR count). The van der Waals surface area contributed by atoms with Crippen molar-refractivity contribution < 1.29 is 10.0 Å². The van der Waals surface area contributed by atoms with Gasteiger partial charge in [0.2, 0.25) is 0 Å². The van der Waals surface area contributed by atoms with Gasteiger partial charge in [0, 0.05) is 11.4 Å². The quantitative estimate of drug-likeness (QED) is 0.639. The van der Waals surface area contributed by atoms with E-state index in [0.29, 0.717) is 5.46 Å². The first-order valence-corrected chi connectivity index (χ1v) is 9.74. The Balaban J connectivity index is 1.84. The largest absolute Gasteiger partial charge is 0.488 e. The Morgan fingerprint density at radius 3 is 2.35 bits per heavy atom. The van der Waals surface area contributed by atoms with Crippen LogP contribution in [0.2, 0.25) is 4.34 Å². The molecule has 2 aromatic heterocycles. The SMILES string of the molecule is CCc1c(C)nc(-c2ccc(Cl)s2)nc1CCc1ccc(B(O)O)cc1. The average Bonchev–Trinajstić information content (AvgIpc) is 3.06. The highest BCUT2D eigenvalue weighted by atomic mass is 35.5. The first kappa shape index (κ1) is 19.0. The molecule has 7 heteroatoms. The van der Waals surface area contributed by atoms with Gasteiger partial charge in [-0.1, -0.05) is 42.8 Å². The predicted octanol–water partition coefficient (Wildman–Crippen LogP) is 3.19. The summed E-state index contributed by atoms with van der Waals surface area (Å²) in [5, 5.41) is 18.4. The van der Waals surface area contributed by atoms with E-state index in [0.717, 1.165) is 51.3 Å². The van der Waals surface area contributed by atoms with Crippen molar-refractivity contribution in [1.29, 1.82) is 0 Å². The number of nitrogens with zero attached hydrogens (tertiary/aromatic N) is 2. The summed E-state index contributed by atoms with van der Waals surface area (Å²) in [6.45, 7) is 4.15. The third kappa shape index (κ3) is 4.33. The summed E-state index contributed by atoms with van der Waals surface area (Å²) in [6, 6.07) is 11.2. The van der Waals surface area contributed by atoms with E-state index in [1.165, 1.54) is 16.9 Å². The van der Waals surface area contributed by atoms with Crippen LogP contribution in [0.4, 0.5) is 0 Å². The third-order valence-electron chi connectivity index (χ3n) is 4.38. The van der Waals surface area contributed by atoms with Crippen LogP contribution >= 0.6 is 22.9 Å². The van der Waals surface area contributed by atoms with Gasteiger partial charge in [-0.25, -0.2) is 9.97 Å². The fourth-order valence-corrected chi connectivity index (χ4v) is 3.96. The minimum atomic E-state index is -1.43. The van der Waals surface area contributed by atoms with Crippen molar-refractivity contribution in [3.63, 3.8) is 0 Å². The van der Waals surface area contributed by atoms with Crippen molar-refractivity contribution in [3.8, 4) is 10.7 Å². The molecule has 0 atom stereocenters. The van der Waals surface area contributed by atoms with Gasteiger partial charge < -0.3 is 10.0 Å². The zero-order valence-electron chi connectivity index (χ0n) is 14.7. The molecule has 0 saturated carbocycles. The first-order valence-electron chi connectivity index (χ1n) is 8.55. The maximum atomic E-state index is 9.19. The van der Waals surface area contributed by atoms with Gasteiger partial charge in [-0.15, -0.1) is 11.3 Å².